The van der Waals surface area contributed by atoms with E-state index < -0.39 is 0 Å². The first-order valence-electron chi connectivity index (χ1n) is 6.10. The Bertz CT molecular complexity index is 446. The Morgan fingerprint density at radius 1 is 1.39 bits per heavy atom. The molecule has 0 aromatic heterocycles. The topological polar surface area (TPSA) is 67.2 Å². The molecule has 0 unspecified atom stereocenters. The van der Waals surface area contributed by atoms with E-state index in [1.807, 2.05) is 24.3 Å². The second-order valence-corrected chi connectivity index (χ2v) is 3.79. The lowest BCUT2D eigenvalue weighted by Crippen LogP contribution is -2.29. The van der Waals surface area contributed by atoms with Crippen molar-refractivity contribution in [2.45, 2.75) is 19.8 Å². The van der Waals surface area contributed by atoms with E-state index in [1.165, 1.54) is 0 Å². The van der Waals surface area contributed by atoms with Gasteiger partial charge in [0.1, 0.15) is 0 Å². The third kappa shape index (κ3) is 4.89. The van der Waals surface area contributed by atoms with Crippen LogP contribution in [0.1, 0.15) is 25.3 Å². The number of nitrogens with one attached hydrogen (secondary N) is 2. The normalized spacial score (nSPS) is 9.22. The quantitative estimate of drug-likeness (QED) is 0.560. The minimum atomic E-state index is -0.203. The number of anilines is 1. The highest BCUT2D eigenvalue weighted by Gasteiger charge is 2.03. The van der Waals surface area contributed by atoms with E-state index in [4.69, 9.17) is 5.73 Å². The third-order valence-corrected chi connectivity index (χ3v) is 2.32. The van der Waals surface area contributed by atoms with Crippen molar-refractivity contribution >= 4 is 11.7 Å². The first kappa shape index (κ1) is 14.1. The molecule has 0 spiro atoms. The fraction of sp³-hybridized carbons (Fsp3) is 0.357. The lowest BCUT2D eigenvalue weighted by Gasteiger charge is -2.08. The lowest BCUT2D eigenvalue weighted by molar-refractivity contribution is 0.252. The van der Waals surface area contributed by atoms with Gasteiger partial charge in [-0.25, -0.2) is 4.79 Å². The number of unbranched alkanes of at least 4 members (excludes halogenated alkanes) is 1. The molecule has 4 nitrogen and oxygen atoms in total. The van der Waals surface area contributed by atoms with E-state index in [2.05, 4.69) is 29.4 Å². The molecule has 0 radical (unpaired) electrons. The summed E-state index contributed by atoms with van der Waals surface area (Å²) in [6.07, 6.45) is 2.03. The summed E-state index contributed by atoms with van der Waals surface area (Å²) in [5.41, 5.74) is 6.81. The van der Waals surface area contributed by atoms with Gasteiger partial charge in [-0.2, -0.15) is 0 Å². The average molecular weight is 245 g/mol. The monoisotopic (exact) mass is 245 g/mol. The van der Waals surface area contributed by atoms with E-state index in [1.54, 1.807) is 0 Å². The zero-order valence-electron chi connectivity index (χ0n) is 10.6. The van der Waals surface area contributed by atoms with E-state index in [0.29, 0.717) is 18.8 Å². The van der Waals surface area contributed by atoms with Crippen molar-refractivity contribution in [3.63, 3.8) is 0 Å². The number of nitrogens with two attached hydrogens (primary N) is 1. The van der Waals surface area contributed by atoms with Crippen LogP contribution >= 0.6 is 0 Å². The molecule has 1 aromatic carbocycles. The molecule has 96 valence electrons. The fourth-order valence-corrected chi connectivity index (χ4v) is 1.39. The smallest absolute Gasteiger partial charge is 0.319 e. The molecule has 0 bridgehead atoms. The Morgan fingerprint density at radius 2 is 2.17 bits per heavy atom. The van der Waals surface area contributed by atoms with Crippen LogP contribution in [0, 0.1) is 11.8 Å². The molecule has 0 saturated carbocycles. The minimum Gasteiger partial charge on any atom is -0.338 e. The molecule has 0 aliphatic heterocycles. The molecule has 18 heavy (non-hydrogen) atoms. The van der Waals surface area contributed by atoms with Gasteiger partial charge in [0.2, 0.25) is 0 Å². The van der Waals surface area contributed by atoms with Gasteiger partial charge < -0.3 is 16.4 Å². The molecule has 0 aliphatic rings. The van der Waals surface area contributed by atoms with Crippen molar-refractivity contribution in [1.29, 1.82) is 0 Å². The van der Waals surface area contributed by atoms with Gasteiger partial charge in [-0.15, -0.1) is 0 Å². The summed E-state index contributed by atoms with van der Waals surface area (Å²) in [7, 11) is 0. The second kappa shape index (κ2) is 8.15. The van der Waals surface area contributed by atoms with E-state index in [9.17, 15) is 4.79 Å². The van der Waals surface area contributed by atoms with Gasteiger partial charge in [-0.05, 0) is 18.6 Å². The first-order chi connectivity index (χ1) is 8.77. The van der Waals surface area contributed by atoms with Crippen LogP contribution in [0.5, 0.6) is 0 Å². The Morgan fingerprint density at radius 3 is 2.89 bits per heavy atom. The van der Waals surface area contributed by atoms with Crippen molar-refractivity contribution in [2.24, 2.45) is 5.73 Å². The number of hydrogen-bond donors (Lipinski definition) is 3. The minimum absolute atomic E-state index is 0.203. The van der Waals surface area contributed by atoms with Crippen LogP contribution in [0.4, 0.5) is 10.5 Å². The maximum Gasteiger partial charge on any atom is 0.319 e. The van der Waals surface area contributed by atoms with Crippen molar-refractivity contribution in [3.8, 4) is 11.8 Å². The number of urea groups is 1. The summed E-state index contributed by atoms with van der Waals surface area (Å²) in [5.74, 6) is 5.70. The standard InChI is InChI=1S/C14H19N3O/c1-2-3-11-16-14(18)17-13-9-5-4-7-12(13)8-6-10-15/h4-5,7,9H,2-3,10-11,15H2,1H3,(H2,16,17,18). The molecule has 0 aliphatic carbocycles. The van der Waals surface area contributed by atoms with Crippen LogP contribution < -0.4 is 16.4 Å². The van der Waals surface area contributed by atoms with Crippen LogP contribution in [0.25, 0.3) is 0 Å². The molecule has 1 rings (SSSR count). The highest BCUT2D eigenvalue weighted by molar-refractivity contribution is 5.90. The van der Waals surface area contributed by atoms with Crippen molar-refractivity contribution in [2.75, 3.05) is 18.4 Å². The highest BCUT2D eigenvalue weighted by atomic mass is 16.2. The molecule has 1 aromatic rings. The summed E-state index contributed by atoms with van der Waals surface area (Å²) >= 11 is 0. The molecule has 2 amide bonds. The van der Waals surface area contributed by atoms with Crippen LogP contribution in [-0.2, 0) is 0 Å². The maximum atomic E-state index is 11.6. The summed E-state index contributed by atoms with van der Waals surface area (Å²) in [6, 6.07) is 7.20. The molecule has 4 heteroatoms. The van der Waals surface area contributed by atoms with Crippen LogP contribution in [0.3, 0.4) is 0 Å². The van der Waals surface area contributed by atoms with Gasteiger partial charge in [0.15, 0.2) is 0 Å². The van der Waals surface area contributed by atoms with Crippen molar-refractivity contribution in [1.82, 2.24) is 5.32 Å². The zero-order chi connectivity index (χ0) is 13.2. The summed E-state index contributed by atoms with van der Waals surface area (Å²) in [4.78, 5) is 11.6. The summed E-state index contributed by atoms with van der Waals surface area (Å²) in [5, 5.41) is 5.58. The largest absolute Gasteiger partial charge is 0.338 e. The number of carbonyl (C=O) groups excluding carboxylic acids is 1. The Labute approximate surface area is 108 Å². The van der Waals surface area contributed by atoms with E-state index in [-0.39, 0.29) is 6.03 Å². The van der Waals surface area contributed by atoms with Gasteiger partial charge in [0, 0.05) is 12.1 Å². The van der Waals surface area contributed by atoms with Crippen LogP contribution in [0.2, 0.25) is 0 Å². The van der Waals surface area contributed by atoms with Gasteiger partial charge in [-0.3, -0.25) is 0 Å². The Hall–Kier alpha value is -1.99. The SMILES string of the molecule is CCCCNC(=O)Nc1ccccc1C#CCN. The Kier molecular flexibility index (Phi) is 6.37. The molecular formula is C14H19N3O. The number of rotatable bonds is 4. The second-order valence-electron chi connectivity index (χ2n) is 3.79. The third-order valence-electron chi connectivity index (χ3n) is 2.32. The number of carbonyl (C=O) groups is 1. The van der Waals surface area contributed by atoms with Gasteiger partial charge in [0.05, 0.1) is 12.2 Å². The van der Waals surface area contributed by atoms with Gasteiger partial charge in [-0.1, -0.05) is 37.3 Å². The molecule has 0 atom stereocenters. The van der Waals surface area contributed by atoms with Crippen molar-refractivity contribution < 1.29 is 4.79 Å². The van der Waals surface area contributed by atoms with Gasteiger partial charge in [0.25, 0.3) is 0 Å². The predicted octanol–water partition coefficient (Wildman–Crippen LogP) is 1.92. The summed E-state index contributed by atoms with van der Waals surface area (Å²) < 4.78 is 0. The Balaban J connectivity index is 2.63. The number of amides is 2. The molecule has 4 N–H and O–H groups in total. The number of para-hydroxylation sites is 1. The number of benzene rings is 1. The van der Waals surface area contributed by atoms with Crippen molar-refractivity contribution in [3.05, 3.63) is 29.8 Å². The lowest BCUT2D eigenvalue weighted by atomic mass is 10.2. The van der Waals surface area contributed by atoms with Crippen LogP contribution in [0.15, 0.2) is 24.3 Å². The van der Waals surface area contributed by atoms with Gasteiger partial charge >= 0.3 is 6.03 Å². The van der Waals surface area contributed by atoms with E-state index >= 15 is 0 Å². The first-order valence-corrected chi connectivity index (χ1v) is 6.10. The molecule has 0 fully saturated rings. The molecular weight excluding hydrogens is 226 g/mol. The van der Waals surface area contributed by atoms with E-state index in [0.717, 1.165) is 18.4 Å². The maximum absolute atomic E-state index is 11.6. The fourth-order valence-electron chi connectivity index (χ4n) is 1.39. The highest BCUT2D eigenvalue weighted by Crippen LogP contribution is 2.13. The number of hydrogen-bond acceptors (Lipinski definition) is 2. The molecule has 0 heterocycles. The zero-order valence-corrected chi connectivity index (χ0v) is 10.6. The average Bonchev–Trinajstić information content (AvgIpc) is 2.38. The molecule has 0 saturated heterocycles. The summed E-state index contributed by atoms with van der Waals surface area (Å²) in [6.45, 7) is 3.06. The van der Waals surface area contributed by atoms with Crippen LogP contribution in [-0.4, -0.2) is 19.1 Å². The predicted molar refractivity (Wildman–Crippen MR) is 74.3 cm³/mol.